The van der Waals surface area contributed by atoms with Crippen molar-refractivity contribution >= 4 is 17.5 Å². The molecule has 1 aliphatic heterocycles. The third-order valence-electron chi connectivity index (χ3n) is 4.96. The summed E-state index contributed by atoms with van der Waals surface area (Å²) in [6.45, 7) is -0.0306. The van der Waals surface area contributed by atoms with Crippen LogP contribution in [-0.4, -0.2) is 37.4 Å². The van der Waals surface area contributed by atoms with Crippen LogP contribution in [0.15, 0.2) is 48.5 Å². The van der Waals surface area contributed by atoms with Crippen molar-refractivity contribution in [2.24, 2.45) is 5.92 Å². The third-order valence-corrected chi connectivity index (χ3v) is 4.96. The number of para-hydroxylation sites is 2. The van der Waals surface area contributed by atoms with E-state index in [0.29, 0.717) is 11.4 Å². The first-order chi connectivity index (χ1) is 13.7. The number of benzene rings is 2. The minimum atomic E-state index is -4.50. The summed E-state index contributed by atoms with van der Waals surface area (Å²) in [5.41, 5.74) is -0.181. The third kappa shape index (κ3) is 4.36. The minimum Gasteiger partial charge on any atom is -0.495 e. The summed E-state index contributed by atoms with van der Waals surface area (Å²) in [4.78, 5) is 28.0. The number of halogens is 3. The van der Waals surface area contributed by atoms with Crippen molar-refractivity contribution in [1.29, 1.82) is 0 Å². The van der Waals surface area contributed by atoms with Gasteiger partial charge in [-0.25, -0.2) is 0 Å². The molecule has 1 heterocycles. The molecule has 1 atom stereocenters. The Hall–Kier alpha value is -3.03. The van der Waals surface area contributed by atoms with Crippen LogP contribution in [0.1, 0.15) is 17.5 Å². The quantitative estimate of drug-likeness (QED) is 0.761. The molecule has 29 heavy (non-hydrogen) atoms. The van der Waals surface area contributed by atoms with Gasteiger partial charge in [-0.3, -0.25) is 9.59 Å². The molecule has 154 valence electrons. The van der Waals surface area contributed by atoms with Crippen molar-refractivity contribution in [3.63, 3.8) is 0 Å². The number of anilines is 1. The Balaban J connectivity index is 1.74. The maximum atomic E-state index is 13.2. The van der Waals surface area contributed by atoms with Crippen molar-refractivity contribution in [1.82, 2.24) is 4.90 Å². The summed E-state index contributed by atoms with van der Waals surface area (Å²) in [5, 5.41) is 0. The number of nitrogens with zero attached hydrogens (tertiary/aromatic N) is 2. The summed E-state index contributed by atoms with van der Waals surface area (Å²) in [7, 11) is 2.94. The molecule has 8 heteroatoms. The summed E-state index contributed by atoms with van der Waals surface area (Å²) >= 11 is 0. The van der Waals surface area contributed by atoms with Crippen LogP contribution >= 0.6 is 0 Å². The maximum Gasteiger partial charge on any atom is 0.416 e. The number of hydrogen-bond acceptors (Lipinski definition) is 3. The number of carbonyl (C=O) groups is 2. The molecule has 0 radical (unpaired) electrons. The molecule has 0 saturated carbocycles. The van der Waals surface area contributed by atoms with Gasteiger partial charge >= 0.3 is 6.18 Å². The Morgan fingerprint density at radius 3 is 2.52 bits per heavy atom. The van der Waals surface area contributed by atoms with Gasteiger partial charge in [0.05, 0.1) is 24.3 Å². The molecule has 5 nitrogen and oxygen atoms in total. The van der Waals surface area contributed by atoms with Crippen molar-refractivity contribution in [3.05, 3.63) is 59.7 Å². The van der Waals surface area contributed by atoms with Crippen LogP contribution in [0.2, 0.25) is 0 Å². The SMILES string of the molecule is COc1ccccc1N1CC(C(=O)N(C)Cc2ccccc2C(F)(F)F)CC1=O. The van der Waals surface area contributed by atoms with Gasteiger partial charge in [0, 0.05) is 26.6 Å². The summed E-state index contributed by atoms with van der Waals surface area (Å²) in [6.07, 6.45) is -4.49. The molecule has 1 unspecified atom stereocenters. The molecule has 2 aromatic rings. The predicted molar refractivity (Wildman–Crippen MR) is 101 cm³/mol. The predicted octanol–water partition coefficient (Wildman–Crippen LogP) is 3.73. The van der Waals surface area contributed by atoms with Gasteiger partial charge < -0.3 is 14.5 Å². The second-order valence-corrected chi connectivity index (χ2v) is 6.93. The van der Waals surface area contributed by atoms with Gasteiger partial charge in [-0.05, 0) is 23.8 Å². The first-order valence-corrected chi connectivity index (χ1v) is 9.06. The van der Waals surface area contributed by atoms with Crippen LogP contribution in [0.3, 0.4) is 0 Å². The topological polar surface area (TPSA) is 49.9 Å². The molecule has 2 aromatic carbocycles. The number of methoxy groups -OCH3 is 1. The maximum absolute atomic E-state index is 13.2. The Morgan fingerprint density at radius 2 is 1.83 bits per heavy atom. The van der Waals surface area contributed by atoms with E-state index in [2.05, 4.69) is 0 Å². The first-order valence-electron chi connectivity index (χ1n) is 9.06. The molecule has 1 saturated heterocycles. The average Bonchev–Trinajstić information content (AvgIpc) is 3.08. The fourth-order valence-corrected chi connectivity index (χ4v) is 3.54. The molecule has 1 fully saturated rings. The first kappa shape index (κ1) is 20.7. The number of rotatable bonds is 5. The molecule has 3 rings (SSSR count). The van der Waals surface area contributed by atoms with E-state index in [9.17, 15) is 22.8 Å². The molecule has 0 bridgehead atoms. The van der Waals surface area contributed by atoms with E-state index in [1.165, 1.54) is 42.2 Å². The highest BCUT2D eigenvalue weighted by Gasteiger charge is 2.38. The van der Waals surface area contributed by atoms with Crippen LogP contribution in [0.25, 0.3) is 0 Å². The summed E-state index contributed by atoms with van der Waals surface area (Å²) in [5.74, 6) is -0.707. The molecule has 0 N–H and O–H groups in total. The molecule has 0 aromatic heterocycles. The smallest absolute Gasteiger partial charge is 0.416 e. The van der Waals surface area contributed by atoms with Crippen molar-refractivity contribution in [3.8, 4) is 5.75 Å². The van der Waals surface area contributed by atoms with Gasteiger partial charge in [-0.2, -0.15) is 13.2 Å². The Labute approximate surface area is 166 Å². The molecule has 0 spiro atoms. The second-order valence-electron chi connectivity index (χ2n) is 6.93. The van der Waals surface area contributed by atoms with E-state index in [-0.39, 0.29) is 36.9 Å². The Morgan fingerprint density at radius 1 is 1.17 bits per heavy atom. The largest absolute Gasteiger partial charge is 0.495 e. The monoisotopic (exact) mass is 406 g/mol. The lowest BCUT2D eigenvalue weighted by molar-refractivity contribution is -0.140. The van der Waals surface area contributed by atoms with E-state index >= 15 is 0 Å². The number of alkyl halides is 3. The summed E-state index contributed by atoms with van der Waals surface area (Å²) in [6, 6.07) is 12.2. The normalized spacial score (nSPS) is 16.8. The molecular formula is C21H21F3N2O3. The average molecular weight is 406 g/mol. The van der Waals surface area contributed by atoms with Crippen LogP contribution in [0, 0.1) is 5.92 Å². The van der Waals surface area contributed by atoms with E-state index in [1.54, 1.807) is 24.3 Å². The van der Waals surface area contributed by atoms with E-state index < -0.39 is 17.7 Å². The van der Waals surface area contributed by atoms with Gasteiger partial charge in [-0.1, -0.05) is 30.3 Å². The molecular weight excluding hydrogens is 385 g/mol. The zero-order chi connectivity index (χ0) is 21.2. The number of amides is 2. The summed E-state index contributed by atoms with van der Waals surface area (Å²) < 4.78 is 44.9. The van der Waals surface area contributed by atoms with Crippen molar-refractivity contribution in [2.45, 2.75) is 19.1 Å². The van der Waals surface area contributed by atoms with Gasteiger partial charge in [0.1, 0.15) is 5.75 Å². The number of ether oxygens (including phenoxy) is 1. The Bertz CT molecular complexity index is 914. The lowest BCUT2D eigenvalue weighted by Gasteiger charge is -2.23. The van der Waals surface area contributed by atoms with Gasteiger partial charge in [0.25, 0.3) is 0 Å². The fraction of sp³-hybridized carbons (Fsp3) is 0.333. The van der Waals surface area contributed by atoms with Crippen LogP contribution in [0.4, 0.5) is 18.9 Å². The lowest BCUT2D eigenvalue weighted by atomic mass is 10.0. The highest BCUT2D eigenvalue weighted by molar-refractivity contribution is 6.01. The van der Waals surface area contributed by atoms with Crippen molar-refractivity contribution in [2.75, 3.05) is 25.6 Å². The standard InChI is InChI=1S/C21H21F3N2O3/c1-25(12-14-7-3-4-8-16(14)21(22,23)24)20(28)15-11-19(27)26(13-15)17-9-5-6-10-18(17)29-2/h3-10,15H,11-13H2,1-2H3. The number of hydrogen-bond donors (Lipinski definition) is 0. The van der Waals surface area contributed by atoms with Crippen LogP contribution < -0.4 is 9.64 Å². The zero-order valence-corrected chi connectivity index (χ0v) is 16.1. The highest BCUT2D eigenvalue weighted by atomic mass is 19.4. The van der Waals surface area contributed by atoms with E-state index in [1.807, 2.05) is 0 Å². The Kier molecular flexibility index (Phi) is 5.81. The van der Waals surface area contributed by atoms with Crippen LogP contribution in [-0.2, 0) is 22.3 Å². The molecule has 2 amide bonds. The zero-order valence-electron chi connectivity index (χ0n) is 16.1. The van der Waals surface area contributed by atoms with E-state index in [0.717, 1.165) is 6.07 Å². The second kappa shape index (κ2) is 8.14. The lowest BCUT2D eigenvalue weighted by Crippen LogP contribution is -2.34. The van der Waals surface area contributed by atoms with E-state index in [4.69, 9.17) is 4.74 Å². The highest BCUT2D eigenvalue weighted by Crippen LogP contribution is 2.34. The molecule has 0 aliphatic carbocycles. The van der Waals surface area contributed by atoms with Gasteiger partial charge in [0.2, 0.25) is 11.8 Å². The number of carbonyl (C=O) groups excluding carboxylic acids is 2. The van der Waals surface area contributed by atoms with Gasteiger partial charge in [0.15, 0.2) is 0 Å². The fourth-order valence-electron chi connectivity index (χ4n) is 3.54. The minimum absolute atomic E-state index is 0.00212. The van der Waals surface area contributed by atoms with Crippen molar-refractivity contribution < 1.29 is 27.5 Å². The van der Waals surface area contributed by atoms with Crippen LogP contribution in [0.5, 0.6) is 5.75 Å². The van der Waals surface area contributed by atoms with Gasteiger partial charge in [-0.15, -0.1) is 0 Å². The molecule has 1 aliphatic rings.